The average molecular weight is 245 g/mol. The van der Waals surface area contributed by atoms with Crippen LogP contribution in [0.25, 0.3) is 0 Å². The molecule has 3 rings (SSSR count). The highest BCUT2D eigenvalue weighted by atomic mass is 16.5. The maximum Gasteiger partial charge on any atom is 0.119 e. The predicted octanol–water partition coefficient (Wildman–Crippen LogP) is 2.85. The summed E-state index contributed by atoms with van der Waals surface area (Å²) in [5.41, 5.74) is 3.44. The third-order valence-corrected chi connectivity index (χ3v) is 5.14. The summed E-state index contributed by atoms with van der Waals surface area (Å²) in [6.45, 7) is 4.92. The van der Waals surface area contributed by atoms with Gasteiger partial charge in [-0.25, -0.2) is 0 Å². The van der Waals surface area contributed by atoms with Gasteiger partial charge in [0.2, 0.25) is 0 Å². The zero-order chi connectivity index (χ0) is 12.8. The van der Waals surface area contributed by atoms with Crippen molar-refractivity contribution in [2.45, 2.75) is 31.6 Å². The Morgan fingerprint density at radius 2 is 2.22 bits per heavy atom. The molecule has 1 aromatic rings. The lowest BCUT2D eigenvalue weighted by molar-refractivity contribution is 0.106. The SMILES string of the molecule is COc1ccc2c(c1)C1(C)CCN(C)CC1CC2. The van der Waals surface area contributed by atoms with Gasteiger partial charge in [0.25, 0.3) is 0 Å². The van der Waals surface area contributed by atoms with Crippen LogP contribution in [0.15, 0.2) is 18.2 Å². The van der Waals surface area contributed by atoms with Crippen LogP contribution in [0, 0.1) is 5.92 Å². The largest absolute Gasteiger partial charge is 0.497 e. The Hall–Kier alpha value is -1.02. The minimum atomic E-state index is 0.356. The molecular formula is C16H23NO. The standard InChI is InChI=1S/C16H23NO/c1-16-8-9-17(2)11-13(16)6-4-12-5-7-14(18-3)10-15(12)16/h5,7,10,13H,4,6,8-9,11H2,1-3H3. The van der Waals surface area contributed by atoms with Gasteiger partial charge in [-0.2, -0.15) is 0 Å². The van der Waals surface area contributed by atoms with Crippen molar-refractivity contribution in [3.8, 4) is 5.75 Å². The number of benzene rings is 1. The molecular weight excluding hydrogens is 222 g/mol. The van der Waals surface area contributed by atoms with Crippen LogP contribution in [0.3, 0.4) is 0 Å². The molecule has 2 nitrogen and oxygen atoms in total. The van der Waals surface area contributed by atoms with Gasteiger partial charge >= 0.3 is 0 Å². The van der Waals surface area contributed by atoms with Crippen molar-refractivity contribution in [3.05, 3.63) is 29.3 Å². The van der Waals surface area contributed by atoms with E-state index in [9.17, 15) is 0 Å². The van der Waals surface area contributed by atoms with E-state index in [4.69, 9.17) is 4.74 Å². The van der Waals surface area contributed by atoms with E-state index in [0.717, 1.165) is 11.7 Å². The maximum absolute atomic E-state index is 5.42. The fourth-order valence-corrected chi connectivity index (χ4v) is 3.82. The molecule has 98 valence electrons. The van der Waals surface area contributed by atoms with Crippen molar-refractivity contribution >= 4 is 0 Å². The van der Waals surface area contributed by atoms with Crippen LogP contribution >= 0.6 is 0 Å². The second-order valence-electron chi connectivity index (χ2n) is 6.19. The zero-order valence-electron chi connectivity index (χ0n) is 11.7. The smallest absolute Gasteiger partial charge is 0.119 e. The van der Waals surface area contributed by atoms with Crippen molar-refractivity contribution < 1.29 is 4.74 Å². The summed E-state index contributed by atoms with van der Waals surface area (Å²) in [5, 5.41) is 0. The zero-order valence-corrected chi connectivity index (χ0v) is 11.7. The van der Waals surface area contributed by atoms with Gasteiger partial charge in [-0.15, -0.1) is 0 Å². The topological polar surface area (TPSA) is 12.5 Å². The molecule has 0 aromatic heterocycles. The molecule has 0 radical (unpaired) electrons. The van der Waals surface area contributed by atoms with E-state index in [-0.39, 0.29) is 0 Å². The number of ether oxygens (including phenoxy) is 1. The molecule has 0 bridgehead atoms. The third-order valence-electron chi connectivity index (χ3n) is 5.14. The van der Waals surface area contributed by atoms with Gasteiger partial charge in [0.15, 0.2) is 0 Å². The second kappa shape index (κ2) is 4.27. The van der Waals surface area contributed by atoms with Crippen LogP contribution in [-0.4, -0.2) is 32.1 Å². The number of fused-ring (bicyclic) bond motifs is 3. The predicted molar refractivity (Wildman–Crippen MR) is 74.3 cm³/mol. The molecule has 0 spiro atoms. The summed E-state index contributed by atoms with van der Waals surface area (Å²) < 4.78 is 5.42. The van der Waals surface area contributed by atoms with Crippen molar-refractivity contribution in [1.82, 2.24) is 4.90 Å². The van der Waals surface area contributed by atoms with Gasteiger partial charge in [0, 0.05) is 6.54 Å². The second-order valence-corrected chi connectivity index (χ2v) is 6.19. The molecule has 0 amide bonds. The lowest BCUT2D eigenvalue weighted by atomic mass is 9.61. The number of likely N-dealkylation sites (tertiary alicyclic amines) is 1. The highest BCUT2D eigenvalue weighted by Gasteiger charge is 2.43. The molecule has 1 aromatic carbocycles. The lowest BCUT2D eigenvalue weighted by Crippen LogP contribution is -2.49. The van der Waals surface area contributed by atoms with E-state index in [2.05, 4.69) is 37.1 Å². The van der Waals surface area contributed by atoms with Gasteiger partial charge in [0.1, 0.15) is 5.75 Å². The van der Waals surface area contributed by atoms with Crippen molar-refractivity contribution in [3.63, 3.8) is 0 Å². The highest BCUT2D eigenvalue weighted by molar-refractivity contribution is 5.43. The number of hydrogen-bond donors (Lipinski definition) is 0. The van der Waals surface area contributed by atoms with Gasteiger partial charge in [-0.1, -0.05) is 13.0 Å². The molecule has 18 heavy (non-hydrogen) atoms. The summed E-state index contributed by atoms with van der Waals surface area (Å²) in [4.78, 5) is 2.48. The van der Waals surface area contributed by atoms with Crippen LogP contribution in [0.4, 0.5) is 0 Å². The molecule has 1 saturated heterocycles. The average Bonchev–Trinajstić information content (AvgIpc) is 2.39. The number of hydrogen-bond acceptors (Lipinski definition) is 2. The lowest BCUT2D eigenvalue weighted by Gasteiger charge is -2.49. The molecule has 2 atom stereocenters. The van der Waals surface area contributed by atoms with Crippen molar-refractivity contribution in [2.24, 2.45) is 5.92 Å². The Kier molecular flexibility index (Phi) is 2.86. The van der Waals surface area contributed by atoms with Gasteiger partial charge in [0.05, 0.1) is 7.11 Å². The van der Waals surface area contributed by atoms with Crippen LogP contribution in [0.2, 0.25) is 0 Å². The van der Waals surface area contributed by atoms with Crippen LogP contribution in [-0.2, 0) is 11.8 Å². The summed E-state index contributed by atoms with van der Waals surface area (Å²) in [6.07, 6.45) is 3.84. The number of aryl methyl sites for hydroxylation is 1. The number of piperidine rings is 1. The summed E-state index contributed by atoms with van der Waals surface area (Å²) in [6, 6.07) is 6.66. The van der Waals surface area contributed by atoms with Crippen molar-refractivity contribution in [2.75, 3.05) is 27.2 Å². The van der Waals surface area contributed by atoms with E-state index in [1.165, 1.54) is 32.4 Å². The Labute approximate surface area is 110 Å². The first-order valence-electron chi connectivity index (χ1n) is 6.99. The summed E-state index contributed by atoms with van der Waals surface area (Å²) >= 11 is 0. The van der Waals surface area contributed by atoms with Gasteiger partial charge in [-0.05, 0) is 67.4 Å². The molecule has 0 saturated carbocycles. The first-order valence-corrected chi connectivity index (χ1v) is 6.99. The van der Waals surface area contributed by atoms with Crippen molar-refractivity contribution in [1.29, 1.82) is 0 Å². The Bertz CT molecular complexity index is 456. The number of nitrogens with zero attached hydrogens (tertiary/aromatic N) is 1. The van der Waals surface area contributed by atoms with Crippen LogP contribution in [0.5, 0.6) is 5.75 Å². The minimum Gasteiger partial charge on any atom is -0.497 e. The highest BCUT2D eigenvalue weighted by Crippen LogP contribution is 2.47. The van der Waals surface area contributed by atoms with E-state index in [0.29, 0.717) is 5.41 Å². The van der Waals surface area contributed by atoms with E-state index < -0.39 is 0 Å². The Balaban J connectivity index is 2.04. The first-order chi connectivity index (χ1) is 8.63. The van der Waals surface area contributed by atoms with E-state index >= 15 is 0 Å². The first kappa shape index (κ1) is 12.0. The minimum absolute atomic E-state index is 0.356. The number of methoxy groups -OCH3 is 1. The molecule has 0 N–H and O–H groups in total. The molecule has 2 unspecified atom stereocenters. The molecule has 1 fully saturated rings. The molecule has 2 aliphatic rings. The Morgan fingerprint density at radius 1 is 1.39 bits per heavy atom. The fraction of sp³-hybridized carbons (Fsp3) is 0.625. The monoisotopic (exact) mass is 245 g/mol. The molecule has 1 heterocycles. The van der Waals surface area contributed by atoms with Crippen LogP contribution < -0.4 is 4.74 Å². The molecule has 1 aliphatic heterocycles. The summed E-state index contributed by atoms with van der Waals surface area (Å²) in [7, 11) is 4.01. The Morgan fingerprint density at radius 3 is 3.00 bits per heavy atom. The molecule has 2 heteroatoms. The molecule has 1 aliphatic carbocycles. The van der Waals surface area contributed by atoms with E-state index in [1.807, 2.05) is 0 Å². The fourth-order valence-electron chi connectivity index (χ4n) is 3.82. The number of rotatable bonds is 1. The van der Waals surface area contributed by atoms with E-state index in [1.54, 1.807) is 18.2 Å². The maximum atomic E-state index is 5.42. The summed E-state index contributed by atoms with van der Waals surface area (Å²) in [5.74, 6) is 1.81. The quantitative estimate of drug-likeness (QED) is 0.754. The van der Waals surface area contributed by atoms with Crippen LogP contribution in [0.1, 0.15) is 30.9 Å². The van der Waals surface area contributed by atoms with Gasteiger partial charge in [-0.3, -0.25) is 0 Å². The normalized spacial score (nSPS) is 31.6. The van der Waals surface area contributed by atoms with Gasteiger partial charge < -0.3 is 9.64 Å². The third kappa shape index (κ3) is 1.74.